The van der Waals surface area contributed by atoms with Crippen LogP contribution in [0.1, 0.15) is 19.3 Å². The highest BCUT2D eigenvalue weighted by atomic mass is 16.2. The summed E-state index contributed by atoms with van der Waals surface area (Å²) in [5.41, 5.74) is 5.31. The predicted octanol–water partition coefficient (Wildman–Crippen LogP) is 3.22. The van der Waals surface area contributed by atoms with Crippen LogP contribution in [0.2, 0.25) is 0 Å². The molecule has 2 fully saturated rings. The number of benzene rings is 1. The van der Waals surface area contributed by atoms with Crippen molar-refractivity contribution in [1.29, 1.82) is 0 Å². The predicted molar refractivity (Wildman–Crippen MR) is 117 cm³/mol. The number of anilines is 1. The molecule has 0 radical (unpaired) electrons. The molecule has 0 bridgehead atoms. The minimum Gasteiger partial charge on any atom is -0.370 e. The molecular weight excluding hydrogens is 376 g/mol. The number of pyridine rings is 1. The van der Waals surface area contributed by atoms with E-state index in [4.69, 9.17) is 0 Å². The van der Waals surface area contributed by atoms with Crippen LogP contribution in [-0.4, -0.2) is 45.3 Å². The molecule has 2 aliphatic rings. The molecule has 152 valence electrons. The summed E-state index contributed by atoms with van der Waals surface area (Å²) in [6.07, 6.45) is 8.58. The summed E-state index contributed by atoms with van der Waals surface area (Å²) < 4.78 is 1.89. The first-order valence-corrected chi connectivity index (χ1v) is 10.6. The van der Waals surface area contributed by atoms with Crippen LogP contribution in [0.25, 0.3) is 33.1 Å². The van der Waals surface area contributed by atoms with Gasteiger partial charge in [-0.05, 0) is 43.0 Å². The Morgan fingerprint density at radius 1 is 1.10 bits per heavy atom. The molecular formula is C23H24N6O. The van der Waals surface area contributed by atoms with Gasteiger partial charge in [0.15, 0.2) is 0 Å². The number of nitrogens with one attached hydrogen (secondary N) is 2. The molecule has 30 heavy (non-hydrogen) atoms. The van der Waals surface area contributed by atoms with Crippen LogP contribution in [-0.2, 0) is 11.8 Å². The van der Waals surface area contributed by atoms with E-state index >= 15 is 0 Å². The second-order valence-electron chi connectivity index (χ2n) is 8.58. The Kier molecular flexibility index (Phi) is 3.69. The lowest BCUT2D eigenvalue weighted by Gasteiger charge is -2.39. The Morgan fingerprint density at radius 2 is 1.97 bits per heavy atom. The van der Waals surface area contributed by atoms with E-state index in [1.807, 2.05) is 30.3 Å². The van der Waals surface area contributed by atoms with E-state index in [9.17, 15) is 4.79 Å². The number of H-pyrrole nitrogens is 1. The van der Waals surface area contributed by atoms with Gasteiger partial charge in [-0.15, -0.1) is 0 Å². The van der Waals surface area contributed by atoms with E-state index in [0.717, 1.165) is 72.0 Å². The van der Waals surface area contributed by atoms with Gasteiger partial charge < -0.3 is 15.2 Å². The molecule has 0 atom stereocenters. The van der Waals surface area contributed by atoms with Crippen molar-refractivity contribution in [3.8, 4) is 11.1 Å². The fourth-order valence-corrected chi connectivity index (χ4v) is 5.23. The zero-order valence-electron chi connectivity index (χ0n) is 17.0. The maximum atomic E-state index is 12.4. The first-order chi connectivity index (χ1) is 14.6. The van der Waals surface area contributed by atoms with Crippen LogP contribution in [0.4, 0.5) is 5.69 Å². The average Bonchev–Trinajstić information content (AvgIpc) is 3.48. The largest absolute Gasteiger partial charge is 0.370 e. The van der Waals surface area contributed by atoms with Crippen LogP contribution in [0.15, 0.2) is 42.9 Å². The molecule has 0 aliphatic carbocycles. The first-order valence-electron chi connectivity index (χ1n) is 10.6. The third-order valence-electron chi connectivity index (χ3n) is 7.02. The van der Waals surface area contributed by atoms with E-state index in [1.54, 1.807) is 0 Å². The summed E-state index contributed by atoms with van der Waals surface area (Å²) in [6, 6.07) is 8.57. The summed E-state index contributed by atoms with van der Waals surface area (Å²) in [5, 5.41) is 9.67. The SMILES string of the molecule is Cn1ncc2cc(-c3cnc4[nH]ccc4c3N3CCC4(CCNC4=O)CC3)ccc21. The number of hydrogen-bond donors (Lipinski definition) is 2. The highest BCUT2D eigenvalue weighted by molar-refractivity contribution is 6.00. The number of aromatic amines is 1. The molecule has 0 unspecified atom stereocenters. The van der Waals surface area contributed by atoms with Gasteiger partial charge in [-0.1, -0.05) is 6.07 Å². The summed E-state index contributed by atoms with van der Waals surface area (Å²) in [6.45, 7) is 2.56. The van der Waals surface area contributed by atoms with Gasteiger partial charge >= 0.3 is 0 Å². The lowest BCUT2D eigenvalue weighted by Crippen LogP contribution is -2.44. The van der Waals surface area contributed by atoms with Crippen LogP contribution >= 0.6 is 0 Å². The van der Waals surface area contributed by atoms with Gasteiger partial charge in [-0.25, -0.2) is 4.98 Å². The van der Waals surface area contributed by atoms with Gasteiger partial charge in [-0.3, -0.25) is 9.48 Å². The van der Waals surface area contributed by atoms with Crippen molar-refractivity contribution in [2.75, 3.05) is 24.5 Å². The smallest absolute Gasteiger partial charge is 0.226 e. The fraction of sp³-hybridized carbons (Fsp3) is 0.348. The third kappa shape index (κ3) is 2.47. The summed E-state index contributed by atoms with van der Waals surface area (Å²) in [4.78, 5) is 22.8. The summed E-state index contributed by atoms with van der Waals surface area (Å²) >= 11 is 0. The number of amides is 1. The van der Waals surface area contributed by atoms with E-state index in [2.05, 4.69) is 49.5 Å². The first kappa shape index (κ1) is 17.5. The second-order valence-corrected chi connectivity index (χ2v) is 8.58. The molecule has 5 heterocycles. The quantitative estimate of drug-likeness (QED) is 0.542. The standard InChI is InChI=1S/C23H24N6O/c1-28-19-3-2-15(12-16(19)13-27-28)18-14-26-21-17(4-8-24-21)20(18)29-10-6-23(7-11-29)5-9-25-22(23)30/h2-4,8,12-14H,5-7,9-11H2,1H3,(H,24,26)(H,25,30). The van der Waals surface area contributed by atoms with Crippen LogP contribution < -0.4 is 10.2 Å². The van der Waals surface area contributed by atoms with Crippen molar-refractivity contribution in [2.45, 2.75) is 19.3 Å². The molecule has 1 aromatic carbocycles. The molecule has 3 aromatic heterocycles. The van der Waals surface area contributed by atoms with Gasteiger partial charge in [0.25, 0.3) is 0 Å². The Morgan fingerprint density at radius 3 is 2.77 bits per heavy atom. The molecule has 4 aromatic rings. The Bertz CT molecular complexity index is 1280. The lowest BCUT2D eigenvalue weighted by atomic mass is 9.77. The molecule has 7 heteroatoms. The summed E-state index contributed by atoms with van der Waals surface area (Å²) in [7, 11) is 1.96. The van der Waals surface area contributed by atoms with Gasteiger partial charge in [0.1, 0.15) is 5.65 Å². The minimum atomic E-state index is -0.171. The third-order valence-corrected chi connectivity index (χ3v) is 7.02. The zero-order chi connectivity index (χ0) is 20.3. The topological polar surface area (TPSA) is 78.8 Å². The molecule has 2 saturated heterocycles. The van der Waals surface area contributed by atoms with Crippen LogP contribution in [0.3, 0.4) is 0 Å². The van der Waals surface area contributed by atoms with Crippen molar-refractivity contribution in [3.63, 3.8) is 0 Å². The monoisotopic (exact) mass is 400 g/mol. The van der Waals surface area contributed by atoms with Crippen molar-refractivity contribution < 1.29 is 4.79 Å². The molecule has 6 rings (SSSR count). The van der Waals surface area contributed by atoms with Crippen molar-refractivity contribution in [2.24, 2.45) is 12.5 Å². The van der Waals surface area contributed by atoms with Gasteiger partial charge in [-0.2, -0.15) is 5.10 Å². The van der Waals surface area contributed by atoms with Crippen molar-refractivity contribution in [3.05, 3.63) is 42.9 Å². The molecule has 0 saturated carbocycles. The maximum absolute atomic E-state index is 12.4. The number of aromatic nitrogens is 4. The van der Waals surface area contributed by atoms with Crippen molar-refractivity contribution >= 4 is 33.5 Å². The highest BCUT2D eigenvalue weighted by Gasteiger charge is 2.44. The number of nitrogens with zero attached hydrogens (tertiary/aromatic N) is 4. The highest BCUT2D eigenvalue weighted by Crippen LogP contribution is 2.43. The minimum absolute atomic E-state index is 0.171. The number of carbonyl (C=O) groups excluding carboxylic acids is 1. The van der Waals surface area contributed by atoms with Crippen LogP contribution in [0.5, 0.6) is 0 Å². The molecule has 1 amide bonds. The number of piperidine rings is 1. The molecule has 7 nitrogen and oxygen atoms in total. The number of carbonyl (C=O) groups is 1. The average molecular weight is 400 g/mol. The van der Waals surface area contributed by atoms with Gasteiger partial charge in [0.05, 0.1) is 22.8 Å². The van der Waals surface area contributed by atoms with E-state index < -0.39 is 0 Å². The maximum Gasteiger partial charge on any atom is 0.226 e. The number of rotatable bonds is 2. The Hall–Kier alpha value is -3.35. The number of aryl methyl sites for hydroxylation is 1. The Labute approximate surface area is 174 Å². The van der Waals surface area contributed by atoms with E-state index in [-0.39, 0.29) is 11.3 Å². The number of fused-ring (bicyclic) bond motifs is 2. The normalized spacial score (nSPS) is 18.6. The molecule has 2 N–H and O–H groups in total. The van der Waals surface area contributed by atoms with E-state index in [1.165, 1.54) is 5.69 Å². The Balaban J connectivity index is 1.44. The lowest BCUT2D eigenvalue weighted by molar-refractivity contribution is -0.128. The molecule has 1 spiro atoms. The second kappa shape index (κ2) is 6.32. The van der Waals surface area contributed by atoms with Gasteiger partial charge in [0.2, 0.25) is 5.91 Å². The van der Waals surface area contributed by atoms with Gasteiger partial charge in [0, 0.05) is 55.4 Å². The zero-order valence-corrected chi connectivity index (χ0v) is 17.0. The number of hydrogen-bond acceptors (Lipinski definition) is 4. The van der Waals surface area contributed by atoms with E-state index in [0.29, 0.717) is 0 Å². The van der Waals surface area contributed by atoms with Crippen LogP contribution in [0, 0.1) is 5.41 Å². The van der Waals surface area contributed by atoms with Crippen molar-refractivity contribution in [1.82, 2.24) is 25.1 Å². The fourth-order valence-electron chi connectivity index (χ4n) is 5.23. The summed E-state index contributed by atoms with van der Waals surface area (Å²) in [5.74, 6) is 0.242. The molecule has 2 aliphatic heterocycles.